The maximum absolute atomic E-state index is 12.8. The van der Waals surface area contributed by atoms with Crippen molar-refractivity contribution in [1.29, 1.82) is 0 Å². The summed E-state index contributed by atoms with van der Waals surface area (Å²) < 4.78 is 25.5. The molecule has 0 aromatic heterocycles. The summed E-state index contributed by atoms with van der Waals surface area (Å²) in [7, 11) is 0. The molecule has 0 spiro atoms. The van der Waals surface area contributed by atoms with Gasteiger partial charge in [0.2, 0.25) is 0 Å². The predicted octanol–water partition coefficient (Wildman–Crippen LogP) is 3.21. The van der Waals surface area contributed by atoms with Gasteiger partial charge in [0, 0.05) is 11.5 Å². The maximum atomic E-state index is 12.8. The second-order valence-electron chi connectivity index (χ2n) is 3.38. The van der Waals surface area contributed by atoms with E-state index in [1.54, 1.807) is 0 Å². The van der Waals surface area contributed by atoms with E-state index in [9.17, 15) is 13.6 Å². The molecule has 1 aromatic carbocycles. The van der Waals surface area contributed by atoms with Gasteiger partial charge in [-0.25, -0.2) is 8.78 Å². The van der Waals surface area contributed by atoms with Gasteiger partial charge >= 0.3 is 0 Å². The molecule has 1 nitrogen and oxygen atoms in total. The normalized spacial score (nSPS) is 15.6. The van der Waals surface area contributed by atoms with E-state index in [-0.39, 0.29) is 22.3 Å². The quantitative estimate of drug-likeness (QED) is 0.548. The fourth-order valence-corrected chi connectivity index (χ4v) is 1.52. The highest BCUT2D eigenvalue weighted by Crippen LogP contribution is 2.35. The Morgan fingerprint density at radius 3 is 2.43 bits per heavy atom. The zero-order chi connectivity index (χ0) is 10.3. The van der Waals surface area contributed by atoms with Crippen LogP contribution in [-0.2, 0) is 0 Å². The molecule has 1 aromatic rings. The number of rotatable bonds is 2. The smallest absolute Gasteiger partial charge is 0.167 e. The van der Waals surface area contributed by atoms with E-state index in [0.717, 1.165) is 25.0 Å². The van der Waals surface area contributed by atoms with E-state index < -0.39 is 11.6 Å². The van der Waals surface area contributed by atoms with Crippen LogP contribution in [0.4, 0.5) is 8.78 Å². The zero-order valence-corrected chi connectivity index (χ0v) is 7.94. The third-order valence-corrected chi connectivity index (χ3v) is 2.54. The molecule has 0 amide bonds. The first-order chi connectivity index (χ1) is 6.59. The summed E-state index contributed by atoms with van der Waals surface area (Å²) in [5.41, 5.74) is 0.0908. The molecule has 0 bridgehead atoms. The average molecular weight is 217 g/mol. The lowest BCUT2D eigenvalue weighted by Crippen LogP contribution is -2.03. The van der Waals surface area contributed by atoms with Gasteiger partial charge in [-0.05, 0) is 25.0 Å². The summed E-state index contributed by atoms with van der Waals surface area (Å²) in [5, 5.41) is -0.0131. The standard InChI is InChI=1S/C10H7ClF2O/c11-7-4-9(13)8(12)3-6(7)10(14)5-1-2-5/h3-5H,1-2H2. The first kappa shape index (κ1) is 9.59. The number of carbonyl (C=O) groups is 1. The van der Waals surface area contributed by atoms with E-state index >= 15 is 0 Å². The van der Waals surface area contributed by atoms with Crippen LogP contribution in [0.1, 0.15) is 23.2 Å². The minimum absolute atomic E-state index is 0.0131. The van der Waals surface area contributed by atoms with Gasteiger partial charge < -0.3 is 0 Å². The second kappa shape index (κ2) is 3.31. The Morgan fingerprint density at radius 2 is 1.86 bits per heavy atom. The molecule has 0 heterocycles. The summed E-state index contributed by atoms with van der Waals surface area (Å²) in [4.78, 5) is 11.5. The lowest BCUT2D eigenvalue weighted by molar-refractivity contribution is 0.0967. The molecular formula is C10H7ClF2O. The number of halogens is 3. The molecule has 1 fully saturated rings. The van der Waals surface area contributed by atoms with Crippen molar-refractivity contribution in [1.82, 2.24) is 0 Å². The Bertz CT molecular complexity index is 399. The number of hydrogen-bond acceptors (Lipinski definition) is 1. The number of Topliss-reactive ketones (excluding diaryl/α,β-unsaturated/α-hetero) is 1. The van der Waals surface area contributed by atoms with Crippen molar-refractivity contribution in [2.24, 2.45) is 5.92 Å². The van der Waals surface area contributed by atoms with Crippen molar-refractivity contribution in [2.45, 2.75) is 12.8 Å². The van der Waals surface area contributed by atoms with Crippen LogP contribution < -0.4 is 0 Å². The summed E-state index contributed by atoms with van der Waals surface area (Å²) in [6.45, 7) is 0. The van der Waals surface area contributed by atoms with Gasteiger partial charge in [0.05, 0.1) is 5.02 Å². The summed E-state index contributed by atoms with van der Waals surface area (Å²) >= 11 is 5.64. The Labute approximate surface area is 84.7 Å². The van der Waals surface area contributed by atoms with Crippen molar-refractivity contribution in [3.05, 3.63) is 34.4 Å². The number of ketones is 1. The molecule has 1 aliphatic carbocycles. The van der Waals surface area contributed by atoms with E-state index in [2.05, 4.69) is 0 Å². The van der Waals surface area contributed by atoms with E-state index in [4.69, 9.17) is 11.6 Å². The first-order valence-corrected chi connectivity index (χ1v) is 4.66. The molecule has 0 N–H and O–H groups in total. The van der Waals surface area contributed by atoms with Crippen molar-refractivity contribution in [3.63, 3.8) is 0 Å². The molecule has 2 rings (SSSR count). The van der Waals surface area contributed by atoms with Crippen molar-refractivity contribution in [2.75, 3.05) is 0 Å². The molecule has 0 atom stereocenters. The van der Waals surface area contributed by atoms with Gasteiger partial charge in [-0.15, -0.1) is 0 Å². The average Bonchev–Trinajstić information content (AvgIpc) is 2.93. The summed E-state index contributed by atoms with van der Waals surface area (Å²) in [5.74, 6) is -2.29. The maximum Gasteiger partial charge on any atom is 0.167 e. The van der Waals surface area contributed by atoms with Gasteiger partial charge in [0.1, 0.15) is 0 Å². The van der Waals surface area contributed by atoms with Gasteiger partial charge in [0.15, 0.2) is 17.4 Å². The van der Waals surface area contributed by atoms with Crippen LogP contribution in [-0.4, -0.2) is 5.78 Å². The summed E-state index contributed by atoms with van der Waals surface area (Å²) in [6.07, 6.45) is 1.63. The Kier molecular flexibility index (Phi) is 2.27. The molecular weight excluding hydrogens is 210 g/mol. The predicted molar refractivity (Wildman–Crippen MR) is 48.4 cm³/mol. The van der Waals surface area contributed by atoms with Gasteiger partial charge in [0.25, 0.3) is 0 Å². The van der Waals surface area contributed by atoms with Crippen LogP contribution in [0.3, 0.4) is 0 Å². The monoisotopic (exact) mass is 216 g/mol. The van der Waals surface area contributed by atoms with E-state index in [1.165, 1.54) is 0 Å². The topological polar surface area (TPSA) is 17.1 Å². The SMILES string of the molecule is O=C(c1cc(F)c(F)cc1Cl)C1CC1. The largest absolute Gasteiger partial charge is 0.294 e. The van der Waals surface area contributed by atoms with Gasteiger partial charge in [-0.3, -0.25) is 4.79 Å². The minimum atomic E-state index is -1.03. The molecule has 4 heteroatoms. The molecule has 74 valence electrons. The van der Waals surface area contributed by atoms with Crippen LogP contribution in [0.25, 0.3) is 0 Å². The fourth-order valence-electron chi connectivity index (χ4n) is 1.28. The molecule has 0 saturated heterocycles. The third-order valence-electron chi connectivity index (χ3n) is 2.22. The lowest BCUT2D eigenvalue weighted by atomic mass is 10.1. The molecule has 1 aliphatic rings. The van der Waals surface area contributed by atoms with E-state index in [0.29, 0.717) is 0 Å². The van der Waals surface area contributed by atoms with Crippen molar-refractivity contribution >= 4 is 17.4 Å². The third kappa shape index (κ3) is 1.64. The van der Waals surface area contributed by atoms with Crippen molar-refractivity contribution in [3.8, 4) is 0 Å². The van der Waals surface area contributed by atoms with Crippen LogP contribution in [0.2, 0.25) is 5.02 Å². The molecule has 1 saturated carbocycles. The van der Waals surface area contributed by atoms with E-state index in [1.807, 2.05) is 0 Å². The highest BCUT2D eigenvalue weighted by atomic mass is 35.5. The zero-order valence-electron chi connectivity index (χ0n) is 7.19. The lowest BCUT2D eigenvalue weighted by Gasteiger charge is -2.02. The van der Waals surface area contributed by atoms with Crippen molar-refractivity contribution < 1.29 is 13.6 Å². The highest BCUT2D eigenvalue weighted by molar-refractivity contribution is 6.34. The molecule has 14 heavy (non-hydrogen) atoms. The molecule has 0 aliphatic heterocycles. The van der Waals surface area contributed by atoms with Crippen LogP contribution in [0.15, 0.2) is 12.1 Å². The Balaban J connectivity index is 2.41. The fraction of sp³-hybridized carbons (Fsp3) is 0.300. The number of hydrogen-bond donors (Lipinski definition) is 0. The highest BCUT2D eigenvalue weighted by Gasteiger charge is 2.32. The van der Waals surface area contributed by atoms with Crippen LogP contribution >= 0.6 is 11.6 Å². The van der Waals surface area contributed by atoms with Crippen LogP contribution in [0.5, 0.6) is 0 Å². The first-order valence-electron chi connectivity index (χ1n) is 4.28. The minimum Gasteiger partial charge on any atom is -0.294 e. The number of carbonyl (C=O) groups excluding carboxylic acids is 1. The molecule has 0 unspecified atom stereocenters. The molecule has 0 radical (unpaired) electrons. The number of benzene rings is 1. The second-order valence-corrected chi connectivity index (χ2v) is 3.79. The Hall–Kier alpha value is -0.960. The van der Waals surface area contributed by atoms with Gasteiger partial charge in [-0.2, -0.15) is 0 Å². The van der Waals surface area contributed by atoms with Gasteiger partial charge in [-0.1, -0.05) is 11.6 Å². The summed E-state index contributed by atoms with van der Waals surface area (Å²) in [6, 6.07) is 1.71. The van der Waals surface area contributed by atoms with Crippen LogP contribution in [0, 0.1) is 17.6 Å². The Morgan fingerprint density at radius 1 is 1.29 bits per heavy atom.